The topological polar surface area (TPSA) is 109 Å². The van der Waals surface area contributed by atoms with Gasteiger partial charge in [0.05, 0.1) is 23.6 Å². The van der Waals surface area contributed by atoms with E-state index in [4.69, 9.17) is 0 Å². The molecule has 0 saturated heterocycles. The van der Waals surface area contributed by atoms with Crippen LogP contribution < -0.4 is 16.0 Å². The number of hydrogen-bond acceptors (Lipinski definition) is 6. The number of aromatic nitrogens is 1. The second kappa shape index (κ2) is 8.72. The van der Waals surface area contributed by atoms with Crippen molar-refractivity contribution in [1.82, 2.24) is 10.3 Å². The van der Waals surface area contributed by atoms with Crippen LogP contribution in [0.5, 0.6) is 0 Å². The zero-order valence-electron chi connectivity index (χ0n) is 12.3. The second-order valence-electron chi connectivity index (χ2n) is 4.48. The van der Waals surface area contributed by atoms with Gasteiger partial charge in [0.25, 0.3) is 5.69 Å². The summed E-state index contributed by atoms with van der Waals surface area (Å²) in [5, 5.41) is 19.4. The Morgan fingerprint density at radius 1 is 1.19 bits per heavy atom. The monoisotopic (exact) mass is 295 g/mol. The summed E-state index contributed by atoms with van der Waals surface area (Å²) < 4.78 is 0. The van der Waals surface area contributed by atoms with Gasteiger partial charge in [-0.1, -0.05) is 13.8 Å². The zero-order chi connectivity index (χ0) is 15.7. The molecule has 0 aliphatic rings. The van der Waals surface area contributed by atoms with Gasteiger partial charge >= 0.3 is 0 Å². The van der Waals surface area contributed by atoms with E-state index in [1.807, 2.05) is 13.8 Å². The van der Waals surface area contributed by atoms with Crippen molar-refractivity contribution >= 4 is 23.2 Å². The smallest absolute Gasteiger partial charge is 0.276 e. The highest BCUT2D eigenvalue weighted by atomic mass is 16.6. The first-order valence-electron chi connectivity index (χ1n) is 6.97. The molecule has 1 rings (SSSR count). The molecular weight excluding hydrogens is 274 g/mol. The van der Waals surface area contributed by atoms with Crippen LogP contribution in [0.15, 0.2) is 12.1 Å². The molecule has 8 heteroatoms. The molecule has 21 heavy (non-hydrogen) atoms. The van der Waals surface area contributed by atoms with Gasteiger partial charge < -0.3 is 16.0 Å². The molecule has 0 fully saturated rings. The third kappa shape index (κ3) is 6.07. The fourth-order valence-corrected chi connectivity index (χ4v) is 1.55. The minimum absolute atomic E-state index is 0.0292. The second-order valence-corrected chi connectivity index (χ2v) is 4.48. The Hall–Kier alpha value is -2.38. The Morgan fingerprint density at radius 3 is 2.38 bits per heavy atom. The molecule has 3 N–H and O–H groups in total. The lowest BCUT2D eigenvalue weighted by molar-refractivity contribution is -0.384. The van der Waals surface area contributed by atoms with Gasteiger partial charge in [0.15, 0.2) is 0 Å². The van der Waals surface area contributed by atoms with E-state index < -0.39 is 4.92 Å². The van der Waals surface area contributed by atoms with E-state index in [-0.39, 0.29) is 18.1 Å². The van der Waals surface area contributed by atoms with Gasteiger partial charge in [0.1, 0.15) is 11.6 Å². The average molecular weight is 295 g/mol. The summed E-state index contributed by atoms with van der Waals surface area (Å²) in [5.74, 6) is 0.546. The summed E-state index contributed by atoms with van der Waals surface area (Å²) in [7, 11) is 0. The van der Waals surface area contributed by atoms with E-state index in [9.17, 15) is 14.9 Å². The molecular formula is C13H21N5O3. The number of nitrogens with zero attached hydrogens (tertiary/aromatic N) is 2. The van der Waals surface area contributed by atoms with Crippen LogP contribution >= 0.6 is 0 Å². The van der Waals surface area contributed by atoms with Crippen LogP contribution in [0.2, 0.25) is 0 Å². The van der Waals surface area contributed by atoms with E-state index in [1.165, 1.54) is 12.1 Å². The van der Waals surface area contributed by atoms with Gasteiger partial charge in [-0.3, -0.25) is 14.9 Å². The van der Waals surface area contributed by atoms with Gasteiger partial charge in [0, 0.05) is 13.1 Å². The molecule has 0 bridgehead atoms. The minimum Gasteiger partial charge on any atom is -0.370 e. The van der Waals surface area contributed by atoms with Crippen LogP contribution in [-0.4, -0.2) is 35.4 Å². The van der Waals surface area contributed by atoms with Gasteiger partial charge in [-0.25, -0.2) is 4.98 Å². The van der Waals surface area contributed by atoms with Crippen LogP contribution in [0, 0.1) is 10.1 Å². The molecule has 116 valence electrons. The number of rotatable bonds is 9. The molecule has 1 aromatic heterocycles. The molecule has 0 aliphatic carbocycles. The number of nitro groups is 1. The third-order valence-electron chi connectivity index (χ3n) is 2.58. The summed E-state index contributed by atoms with van der Waals surface area (Å²) in [6, 6.07) is 2.68. The number of anilines is 2. The fraction of sp³-hybridized carbons (Fsp3) is 0.538. The Morgan fingerprint density at radius 2 is 1.81 bits per heavy atom. The fourth-order valence-electron chi connectivity index (χ4n) is 1.55. The molecule has 0 aliphatic heterocycles. The SMILES string of the molecule is CCCNC(=O)CNc1cc([N+](=O)[O-])cc(NCCC)n1. The van der Waals surface area contributed by atoms with Crippen molar-refractivity contribution in [3.63, 3.8) is 0 Å². The Kier molecular flexibility index (Phi) is 6.93. The first-order valence-corrected chi connectivity index (χ1v) is 6.97. The lowest BCUT2D eigenvalue weighted by atomic mass is 10.3. The summed E-state index contributed by atoms with van der Waals surface area (Å²) in [6.07, 6.45) is 1.73. The van der Waals surface area contributed by atoms with E-state index in [1.54, 1.807) is 0 Å². The summed E-state index contributed by atoms with van der Waals surface area (Å²) in [5.41, 5.74) is -0.0694. The molecule has 1 aromatic rings. The van der Waals surface area contributed by atoms with E-state index in [0.717, 1.165) is 12.8 Å². The average Bonchev–Trinajstić information content (AvgIpc) is 2.48. The lowest BCUT2D eigenvalue weighted by Crippen LogP contribution is -2.30. The number of pyridine rings is 1. The molecule has 8 nitrogen and oxygen atoms in total. The molecule has 1 heterocycles. The van der Waals surface area contributed by atoms with E-state index in [0.29, 0.717) is 24.7 Å². The standard InChI is InChI=1S/C13H21N5O3/c1-3-5-14-11-7-10(18(20)21)8-12(17-11)16-9-13(19)15-6-4-2/h7-8H,3-6,9H2,1-2H3,(H,15,19)(H2,14,16,17). The Labute approximate surface area is 123 Å². The molecule has 0 unspecified atom stereocenters. The molecule has 1 amide bonds. The van der Waals surface area contributed by atoms with Crippen molar-refractivity contribution in [1.29, 1.82) is 0 Å². The van der Waals surface area contributed by atoms with Crippen molar-refractivity contribution in [3.05, 3.63) is 22.2 Å². The molecule has 0 atom stereocenters. The highest BCUT2D eigenvalue weighted by molar-refractivity contribution is 5.80. The largest absolute Gasteiger partial charge is 0.370 e. The van der Waals surface area contributed by atoms with Gasteiger partial charge in [-0.2, -0.15) is 0 Å². The third-order valence-corrected chi connectivity index (χ3v) is 2.58. The Bertz CT molecular complexity index is 493. The van der Waals surface area contributed by atoms with Crippen molar-refractivity contribution in [2.75, 3.05) is 30.3 Å². The highest BCUT2D eigenvalue weighted by Gasteiger charge is 2.11. The van der Waals surface area contributed by atoms with Gasteiger partial charge in [0.2, 0.25) is 5.91 Å². The summed E-state index contributed by atoms with van der Waals surface area (Å²) in [6.45, 7) is 5.25. The predicted octanol–water partition coefficient (Wildman–Crippen LogP) is 1.75. The first kappa shape index (κ1) is 16.7. The normalized spacial score (nSPS) is 10.0. The minimum atomic E-state index is -0.485. The van der Waals surface area contributed by atoms with Gasteiger partial charge in [-0.15, -0.1) is 0 Å². The molecule has 0 aromatic carbocycles. The number of nitrogens with one attached hydrogen (secondary N) is 3. The van der Waals surface area contributed by atoms with Crippen LogP contribution in [0.4, 0.5) is 17.3 Å². The van der Waals surface area contributed by atoms with Crippen LogP contribution in [0.25, 0.3) is 0 Å². The maximum Gasteiger partial charge on any atom is 0.276 e. The van der Waals surface area contributed by atoms with E-state index in [2.05, 4.69) is 20.9 Å². The summed E-state index contributed by atoms with van der Waals surface area (Å²) in [4.78, 5) is 26.1. The number of hydrogen-bond donors (Lipinski definition) is 3. The lowest BCUT2D eigenvalue weighted by Gasteiger charge is -2.09. The van der Waals surface area contributed by atoms with Gasteiger partial charge in [-0.05, 0) is 12.8 Å². The van der Waals surface area contributed by atoms with Crippen molar-refractivity contribution in [2.45, 2.75) is 26.7 Å². The number of carbonyl (C=O) groups is 1. The van der Waals surface area contributed by atoms with Crippen molar-refractivity contribution in [2.24, 2.45) is 0 Å². The number of carbonyl (C=O) groups excluding carboxylic acids is 1. The Balaban J connectivity index is 2.73. The summed E-state index contributed by atoms with van der Waals surface area (Å²) >= 11 is 0. The maximum atomic E-state index is 11.5. The van der Waals surface area contributed by atoms with Crippen LogP contribution in [0.1, 0.15) is 26.7 Å². The molecule has 0 radical (unpaired) electrons. The highest BCUT2D eigenvalue weighted by Crippen LogP contribution is 2.20. The van der Waals surface area contributed by atoms with Crippen molar-refractivity contribution in [3.8, 4) is 0 Å². The zero-order valence-corrected chi connectivity index (χ0v) is 12.3. The maximum absolute atomic E-state index is 11.5. The predicted molar refractivity (Wildman–Crippen MR) is 81.5 cm³/mol. The van der Waals surface area contributed by atoms with Crippen LogP contribution in [-0.2, 0) is 4.79 Å². The first-order chi connectivity index (χ1) is 10.1. The van der Waals surface area contributed by atoms with Crippen LogP contribution in [0.3, 0.4) is 0 Å². The molecule has 0 saturated carbocycles. The van der Waals surface area contributed by atoms with Crippen molar-refractivity contribution < 1.29 is 9.72 Å². The molecule has 0 spiro atoms. The number of amides is 1. The quantitative estimate of drug-likeness (QED) is 0.473. The van der Waals surface area contributed by atoms with E-state index >= 15 is 0 Å².